The minimum Gasteiger partial charge on any atom is -0.347 e. The summed E-state index contributed by atoms with van der Waals surface area (Å²) in [4.78, 5) is 16.5. The number of para-hydroxylation sites is 1. The van der Waals surface area contributed by atoms with Crippen LogP contribution < -0.4 is 10.5 Å². The van der Waals surface area contributed by atoms with Crippen LogP contribution in [0, 0.1) is 0 Å². The van der Waals surface area contributed by atoms with Gasteiger partial charge in [-0.15, -0.1) is 0 Å². The van der Waals surface area contributed by atoms with Crippen LogP contribution in [0.25, 0.3) is 5.69 Å². The minimum absolute atomic E-state index is 0.0322. The Hall–Kier alpha value is -2.97. The van der Waals surface area contributed by atoms with E-state index in [2.05, 4.69) is 10.3 Å². The molecule has 0 unspecified atom stereocenters. The Morgan fingerprint density at radius 3 is 2.40 bits per heavy atom. The molecule has 0 aliphatic carbocycles. The van der Waals surface area contributed by atoms with Crippen molar-refractivity contribution < 1.29 is 13.2 Å². The average Bonchev–Trinajstić information content (AvgIpc) is 3.10. The highest BCUT2D eigenvalue weighted by Crippen LogP contribution is 2.12. The van der Waals surface area contributed by atoms with Gasteiger partial charge >= 0.3 is 0 Å². The molecule has 0 atom stereocenters. The summed E-state index contributed by atoms with van der Waals surface area (Å²) in [5.74, 6) is -0.281. The van der Waals surface area contributed by atoms with Gasteiger partial charge in [0.1, 0.15) is 5.69 Å². The first-order valence-corrected chi connectivity index (χ1v) is 8.97. The Bertz CT molecular complexity index is 980. The van der Waals surface area contributed by atoms with Crippen LogP contribution in [0.5, 0.6) is 0 Å². The normalized spacial score (nSPS) is 11.2. The van der Waals surface area contributed by atoms with Crippen LogP contribution in [-0.2, 0) is 16.6 Å². The molecule has 1 aromatic heterocycles. The number of nitrogens with zero attached hydrogens (tertiary/aromatic N) is 2. The van der Waals surface area contributed by atoms with Gasteiger partial charge < -0.3 is 5.32 Å². The Morgan fingerprint density at radius 1 is 1.08 bits per heavy atom. The smallest absolute Gasteiger partial charge is 0.270 e. The standard InChI is InChI=1S/C17H16N4O3S/c18-25(23,24)15-8-6-13(7-9-15)10-20-17(22)16-11-19-12-21(16)14-4-2-1-3-5-14/h1-9,11-12H,10H2,(H,20,22)(H2,18,23,24). The molecule has 25 heavy (non-hydrogen) atoms. The van der Waals surface area contributed by atoms with Crippen molar-refractivity contribution in [3.8, 4) is 5.69 Å². The number of carbonyl (C=O) groups is 1. The molecule has 0 radical (unpaired) electrons. The highest BCUT2D eigenvalue weighted by atomic mass is 32.2. The molecule has 1 heterocycles. The predicted molar refractivity (Wildman–Crippen MR) is 92.5 cm³/mol. The van der Waals surface area contributed by atoms with Crippen LogP contribution >= 0.6 is 0 Å². The van der Waals surface area contributed by atoms with Gasteiger partial charge in [-0.25, -0.2) is 18.5 Å². The Morgan fingerprint density at radius 2 is 1.76 bits per heavy atom. The van der Waals surface area contributed by atoms with E-state index < -0.39 is 10.0 Å². The Balaban J connectivity index is 1.71. The molecule has 0 bridgehead atoms. The van der Waals surface area contributed by atoms with Crippen molar-refractivity contribution in [1.29, 1.82) is 0 Å². The van der Waals surface area contributed by atoms with Gasteiger partial charge in [-0.05, 0) is 29.8 Å². The van der Waals surface area contributed by atoms with Gasteiger partial charge in [-0.1, -0.05) is 30.3 Å². The van der Waals surface area contributed by atoms with Crippen molar-refractivity contribution >= 4 is 15.9 Å². The van der Waals surface area contributed by atoms with Gasteiger partial charge in [-0.3, -0.25) is 9.36 Å². The van der Waals surface area contributed by atoms with Crippen molar-refractivity contribution in [1.82, 2.24) is 14.9 Å². The number of nitrogens with one attached hydrogen (secondary N) is 1. The van der Waals surface area contributed by atoms with Gasteiger partial charge in [-0.2, -0.15) is 0 Å². The van der Waals surface area contributed by atoms with Crippen molar-refractivity contribution in [2.75, 3.05) is 0 Å². The summed E-state index contributed by atoms with van der Waals surface area (Å²) in [5, 5.41) is 7.85. The van der Waals surface area contributed by atoms with Crippen LogP contribution in [0.15, 0.2) is 72.0 Å². The largest absolute Gasteiger partial charge is 0.347 e. The van der Waals surface area contributed by atoms with Crippen LogP contribution in [-0.4, -0.2) is 23.9 Å². The number of rotatable bonds is 5. The molecule has 128 valence electrons. The second-order valence-corrected chi connectivity index (χ2v) is 6.92. The molecule has 0 aliphatic rings. The zero-order valence-corrected chi connectivity index (χ0v) is 14.0. The summed E-state index contributed by atoms with van der Waals surface area (Å²) < 4.78 is 24.2. The lowest BCUT2D eigenvalue weighted by Gasteiger charge is -2.09. The first kappa shape index (κ1) is 16.9. The maximum absolute atomic E-state index is 12.4. The summed E-state index contributed by atoms with van der Waals surface area (Å²) in [6.07, 6.45) is 3.07. The molecule has 0 saturated carbocycles. The second-order valence-electron chi connectivity index (χ2n) is 5.36. The van der Waals surface area contributed by atoms with Crippen molar-refractivity contribution in [2.24, 2.45) is 5.14 Å². The molecule has 0 spiro atoms. The van der Waals surface area contributed by atoms with Gasteiger partial charge in [0.2, 0.25) is 10.0 Å². The molecule has 0 aliphatic heterocycles. The molecule has 7 nitrogen and oxygen atoms in total. The number of carbonyl (C=O) groups excluding carboxylic acids is 1. The summed E-state index contributed by atoms with van der Waals surface area (Å²) in [6, 6.07) is 15.4. The number of amides is 1. The van der Waals surface area contributed by atoms with E-state index in [1.165, 1.54) is 18.3 Å². The van der Waals surface area contributed by atoms with E-state index in [1.54, 1.807) is 23.0 Å². The molecular formula is C17H16N4O3S. The van der Waals surface area contributed by atoms with Gasteiger partial charge in [0.25, 0.3) is 5.91 Å². The van der Waals surface area contributed by atoms with Crippen LogP contribution in [0.2, 0.25) is 0 Å². The monoisotopic (exact) mass is 356 g/mol. The SMILES string of the molecule is NS(=O)(=O)c1ccc(CNC(=O)c2cncn2-c2ccccc2)cc1. The van der Waals surface area contributed by atoms with Crippen LogP contribution in [0.4, 0.5) is 0 Å². The summed E-state index contributed by atoms with van der Waals surface area (Å²) >= 11 is 0. The number of hydrogen-bond acceptors (Lipinski definition) is 4. The average molecular weight is 356 g/mol. The molecular weight excluding hydrogens is 340 g/mol. The number of sulfonamides is 1. The Kier molecular flexibility index (Phi) is 4.64. The van der Waals surface area contributed by atoms with Crippen LogP contribution in [0.3, 0.4) is 0 Å². The fourth-order valence-electron chi connectivity index (χ4n) is 2.33. The molecule has 3 N–H and O–H groups in total. The van der Waals surface area contributed by atoms with Crippen LogP contribution in [0.1, 0.15) is 16.1 Å². The second kappa shape index (κ2) is 6.88. The Labute approximate surface area is 145 Å². The fraction of sp³-hybridized carbons (Fsp3) is 0.0588. The molecule has 3 aromatic rings. The number of benzene rings is 2. The first-order chi connectivity index (χ1) is 11.9. The lowest BCUT2D eigenvalue weighted by molar-refractivity contribution is 0.0944. The predicted octanol–water partition coefficient (Wildman–Crippen LogP) is 1.45. The van der Waals surface area contributed by atoms with E-state index in [0.717, 1.165) is 11.3 Å². The zero-order valence-electron chi connectivity index (χ0n) is 13.2. The zero-order chi connectivity index (χ0) is 17.9. The highest BCUT2D eigenvalue weighted by Gasteiger charge is 2.13. The number of nitrogens with two attached hydrogens (primary N) is 1. The quantitative estimate of drug-likeness (QED) is 0.721. The van der Waals surface area contributed by atoms with E-state index in [9.17, 15) is 13.2 Å². The first-order valence-electron chi connectivity index (χ1n) is 7.43. The summed E-state index contributed by atoms with van der Waals surface area (Å²) in [5.41, 5.74) is 2.00. The molecule has 8 heteroatoms. The molecule has 0 fully saturated rings. The van der Waals surface area contributed by atoms with Gasteiger partial charge in [0.15, 0.2) is 0 Å². The van der Waals surface area contributed by atoms with Gasteiger partial charge in [0, 0.05) is 12.2 Å². The molecule has 3 rings (SSSR count). The number of imidazole rings is 1. The number of hydrogen-bond donors (Lipinski definition) is 2. The molecule has 1 amide bonds. The van der Waals surface area contributed by atoms with Crippen molar-refractivity contribution in [3.05, 3.63) is 78.4 Å². The van der Waals surface area contributed by atoms with E-state index in [1.807, 2.05) is 30.3 Å². The number of aromatic nitrogens is 2. The van der Waals surface area contributed by atoms with E-state index in [-0.39, 0.29) is 17.3 Å². The highest BCUT2D eigenvalue weighted by molar-refractivity contribution is 7.89. The third kappa shape index (κ3) is 3.93. The molecule has 2 aromatic carbocycles. The van der Waals surface area contributed by atoms with Gasteiger partial charge in [0.05, 0.1) is 17.4 Å². The third-order valence-corrected chi connectivity index (χ3v) is 4.54. The third-order valence-electron chi connectivity index (χ3n) is 3.61. The van der Waals surface area contributed by atoms with E-state index >= 15 is 0 Å². The number of primary sulfonamides is 1. The maximum atomic E-state index is 12.4. The van der Waals surface area contributed by atoms with E-state index in [0.29, 0.717) is 5.69 Å². The lowest BCUT2D eigenvalue weighted by Crippen LogP contribution is -2.25. The van der Waals surface area contributed by atoms with Crippen molar-refractivity contribution in [3.63, 3.8) is 0 Å². The molecule has 0 saturated heterocycles. The summed E-state index contributed by atoms with van der Waals surface area (Å²) in [7, 11) is -3.72. The minimum atomic E-state index is -3.72. The lowest BCUT2D eigenvalue weighted by atomic mass is 10.2. The maximum Gasteiger partial charge on any atom is 0.270 e. The van der Waals surface area contributed by atoms with Crippen molar-refractivity contribution in [2.45, 2.75) is 11.4 Å². The topological polar surface area (TPSA) is 107 Å². The summed E-state index contributed by atoms with van der Waals surface area (Å²) in [6.45, 7) is 0.254. The van der Waals surface area contributed by atoms with E-state index in [4.69, 9.17) is 5.14 Å². The fourth-order valence-corrected chi connectivity index (χ4v) is 2.84.